The predicted octanol–water partition coefficient (Wildman–Crippen LogP) is 0.849. The molecule has 1 unspecified atom stereocenters. The summed E-state index contributed by atoms with van der Waals surface area (Å²) in [6.45, 7) is 1.95. The number of nitrogens with zero attached hydrogens (tertiary/aromatic N) is 2. The summed E-state index contributed by atoms with van der Waals surface area (Å²) in [5.74, 6) is -0.0696. The molecule has 94 valence electrons. The molecule has 1 atom stereocenters. The van der Waals surface area contributed by atoms with Gasteiger partial charge in [-0.1, -0.05) is 18.2 Å². The van der Waals surface area contributed by atoms with Crippen LogP contribution in [0.15, 0.2) is 30.3 Å². The van der Waals surface area contributed by atoms with E-state index in [1.165, 1.54) is 0 Å². The summed E-state index contributed by atoms with van der Waals surface area (Å²) in [6.07, 6.45) is -0.428. The minimum absolute atomic E-state index is 0.0696. The van der Waals surface area contributed by atoms with Gasteiger partial charge in [0, 0.05) is 18.8 Å². The van der Waals surface area contributed by atoms with E-state index in [4.69, 9.17) is 10.00 Å². The highest BCUT2D eigenvalue weighted by Gasteiger charge is 2.21. The van der Waals surface area contributed by atoms with Crippen LogP contribution in [0.2, 0.25) is 0 Å². The molecule has 1 aliphatic heterocycles. The number of carbonyl (C=O) groups is 1. The molecular formula is C13H15N3O2. The molecule has 1 amide bonds. The summed E-state index contributed by atoms with van der Waals surface area (Å²) >= 11 is 0. The molecule has 1 aliphatic rings. The minimum Gasteiger partial charge on any atom is -0.361 e. The van der Waals surface area contributed by atoms with E-state index in [1.807, 2.05) is 35.2 Å². The second kappa shape index (κ2) is 6.15. The number of hydrogen-bond acceptors (Lipinski definition) is 4. The van der Waals surface area contributed by atoms with Gasteiger partial charge in [0.2, 0.25) is 5.91 Å². The number of amides is 1. The fourth-order valence-electron chi connectivity index (χ4n) is 1.85. The van der Waals surface area contributed by atoms with Crippen LogP contribution in [-0.2, 0) is 9.53 Å². The molecule has 0 bridgehead atoms. The highest BCUT2D eigenvalue weighted by Crippen LogP contribution is 2.07. The van der Waals surface area contributed by atoms with E-state index < -0.39 is 6.10 Å². The average molecular weight is 245 g/mol. The Morgan fingerprint density at radius 3 is 3.00 bits per heavy atom. The number of carbonyl (C=O) groups excluding carboxylic acids is 1. The van der Waals surface area contributed by atoms with Crippen molar-refractivity contribution in [2.24, 2.45) is 0 Å². The molecule has 5 nitrogen and oxygen atoms in total. The second-order valence-electron chi connectivity index (χ2n) is 4.14. The third kappa shape index (κ3) is 3.55. The number of morpholine rings is 1. The Morgan fingerprint density at radius 1 is 1.50 bits per heavy atom. The van der Waals surface area contributed by atoms with E-state index in [9.17, 15) is 4.79 Å². The van der Waals surface area contributed by atoms with E-state index >= 15 is 0 Å². The SMILES string of the molecule is N#CC1CN(CC(=O)Nc2ccccc2)CCO1. The monoisotopic (exact) mass is 245 g/mol. The summed E-state index contributed by atoms with van der Waals surface area (Å²) in [5.41, 5.74) is 0.785. The largest absolute Gasteiger partial charge is 0.361 e. The Morgan fingerprint density at radius 2 is 2.28 bits per heavy atom. The van der Waals surface area contributed by atoms with Gasteiger partial charge >= 0.3 is 0 Å². The molecule has 5 heteroatoms. The van der Waals surface area contributed by atoms with E-state index in [0.717, 1.165) is 5.69 Å². The predicted molar refractivity (Wildman–Crippen MR) is 66.9 cm³/mol. The number of ether oxygens (including phenoxy) is 1. The number of anilines is 1. The smallest absolute Gasteiger partial charge is 0.238 e. The average Bonchev–Trinajstić information content (AvgIpc) is 2.40. The first-order valence-electron chi connectivity index (χ1n) is 5.86. The molecule has 1 saturated heterocycles. The van der Waals surface area contributed by atoms with Crippen LogP contribution >= 0.6 is 0 Å². The molecule has 0 spiro atoms. The van der Waals surface area contributed by atoms with Crippen LogP contribution in [0.3, 0.4) is 0 Å². The van der Waals surface area contributed by atoms with Gasteiger partial charge in [0.1, 0.15) is 0 Å². The number of hydrogen-bond donors (Lipinski definition) is 1. The maximum Gasteiger partial charge on any atom is 0.238 e. The first-order chi connectivity index (χ1) is 8.78. The van der Waals surface area contributed by atoms with Crippen molar-refractivity contribution in [2.45, 2.75) is 6.10 Å². The van der Waals surface area contributed by atoms with Crippen LogP contribution in [0.25, 0.3) is 0 Å². The highest BCUT2D eigenvalue weighted by molar-refractivity contribution is 5.92. The maximum atomic E-state index is 11.8. The lowest BCUT2D eigenvalue weighted by molar-refractivity contribution is -0.118. The first-order valence-corrected chi connectivity index (χ1v) is 5.86. The van der Waals surface area contributed by atoms with Crippen LogP contribution in [0.4, 0.5) is 5.69 Å². The number of benzene rings is 1. The normalized spacial score (nSPS) is 20.1. The van der Waals surface area contributed by atoms with Gasteiger partial charge in [0.15, 0.2) is 6.10 Å². The Hall–Kier alpha value is -1.90. The van der Waals surface area contributed by atoms with Crippen LogP contribution in [0.1, 0.15) is 0 Å². The van der Waals surface area contributed by atoms with E-state index in [0.29, 0.717) is 19.7 Å². The van der Waals surface area contributed by atoms with E-state index in [-0.39, 0.29) is 12.5 Å². The van der Waals surface area contributed by atoms with Gasteiger partial charge in [0.05, 0.1) is 19.2 Å². The van der Waals surface area contributed by atoms with Crippen molar-refractivity contribution in [3.63, 3.8) is 0 Å². The third-order valence-electron chi connectivity index (χ3n) is 2.72. The van der Waals surface area contributed by atoms with Crippen molar-refractivity contribution in [3.05, 3.63) is 30.3 Å². The summed E-state index contributed by atoms with van der Waals surface area (Å²) < 4.78 is 5.22. The number of para-hydroxylation sites is 1. The molecule has 1 fully saturated rings. The highest BCUT2D eigenvalue weighted by atomic mass is 16.5. The lowest BCUT2D eigenvalue weighted by atomic mass is 10.3. The van der Waals surface area contributed by atoms with E-state index in [1.54, 1.807) is 0 Å². The van der Waals surface area contributed by atoms with Crippen molar-refractivity contribution >= 4 is 11.6 Å². The molecule has 18 heavy (non-hydrogen) atoms. The number of nitrogens with one attached hydrogen (secondary N) is 1. The van der Waals surface area contributed by atoms with Crippen LogP contribution in [0, 0.1) is 11.3 Å². The molecule has 0 radical (unpaired) electrons. The molecule has 0 saturated carbocycles. The quantitative estimate of drug-likeness (QED) is 0.857. The van der Waals surface area contributed by atoms with Crippen LogP contribution in [0.5, 0.6) is 0 Å². The van der Waals surface area contributed by atoms with Crippen LogP contribution in [-0.4, -0.2) is 43.2 Å². The lowest BCUT2D eigenvalue weighted by Gasteiger charge is -2.28. The Bertz CT molecular complexity index is 441. The third-order valence-corrected chi connectivity index (χ3v) is 2.72. The maximum absolute atomic E-state index is 11.8. The topological polar surface area (TPSA) is 65.4 Å². The summed E-state index contributed by atoms with van der Waals surface area (Å²) in [4.78, 5) is 13.7. The molecule has 0 aliphatic carbocycles. The van der Waals surface area contributed by atoms with Crippen molar-refractivity contribution in [3.8, 4) is 6.07 Å². The van der Waals surface area contributed by atoms with Gasteiger partial charge in [-0.05, 0) is 12.1 Å². The fraction of sp³-hybridized carbons (Fsp3) is 0.385. The summed E-state index contributed by atoms with van der Waals surface area (Å²) in [7, 11) is 0. The lowest BCUT2D eigenvalue weighted by Crippen LogP contribution is -2.45. The Balaban J connectivity index is 1.83. The van der Waals surface area contributed by atoms with Gasteiger partial charge in [-0.3, -0.25) is 9.69 Å². The summed E-state index contributed by atoms with van der Waals surface area (Å²) in [6, 6.07) is 11.4. The zero-order valence-electron chi connectivity index (χ0n) is 10.0. The van der Waals surface area contributed by atoms with Gasteiger partial charge in [-0.15, -0.1) is 0 Å². The van der Waals surface area contributed by atoms with Crippen LogP contribution < -0.4 is 5.32 Å². The zero-order chi connectivity index (χ0) is 12.8. The van der Waals surface area contributed by atoms with Gasteiger partial charge in [-0.25, -0.2) is 0 Å². The molecular weight excluding hydrogens is 230 g/mol. The Labute approximate surface area is 106 Å². The molecule has 0 aromatic heterocycles. The van der Waals surface area contributed by atoms with E-state index in [2.05, 4.69) is 11.4 Å². The van der Waals surface area contributed by atoms with Crippen molar-refractivity contribution < 1.29 is 9.53 Å². The molecule has 2 rings (SSSR count). The molecule has 1 aromatic carbocycles. The standard InChI is InChI=1S/C13H15N3O2/c14-8-12-9-16(6-7-18-12)10-13(17)15-11-4-2-1-3-5-11/h1-5,12H,6-7,9-10H2,(H,15,17). The minimum atomic E-state index is -0.428. The van der Waals surface area contributed by atoms with Crippen molar-refractivity contribution in [2.75, 3.05) is 31.6 Å². The number of rotatable bonds is 3. The zero-order valence-corrected chi connectivity index (χ0v) is 10.0. The fourth-order valence-corrected chi connectivity index (χ4v) is 1.85. The van der Waals surface area contributed by atoms with Crippen molar-refractivity contribution in [1.29, 1.82) is 5.26 Å². The molecule has 1 N–H and O–H groups in total. The van der Waals surface area contributed by atoms with Gasteiger partial charge in [-0.2, -0.15) is 5.26 Å². The second-order valence-corrected chi connectivity index (χ2v) is 4.14. The summed E-state index contributed by atoms with van der Waals surface area (Å²) in [5, 5.41) is 11.6. The van der Waals surface area contributed by atoms with Gasteiger partial charge in [0.25, 0.3) is 0 Å². The number of nitriles is 1. The molecule has 1 heterocycles. The Kier molecular flexibility index (Phi) is 4.29. The molecule has 1 aromatic rings. The van der Waals surface area contributed by atoms with Crippen molar-refractivity contribution in [1.82, 2.24) is 4.90 Å². The van der Waals surface area contributed by atoms with Gasteiger partial charge < -0.3 is 10.1 Å². The first kappa shape index (κ1) is 12.6.